The van der Waals surface area contributed by atoms with Crippen LogP contribution in [0, 0.1) is 0 Å². The van der Waals surface area contributed by atoms with E-state index in [-0.39, 0.29) is 0 Å². The Morgan fingerprint density at radius 3 is 1.89 bits per heavy atom. The summed E-state index contributed by atoms with van der Waals surface area (Å²) in [6.45, 7) is 2.28. The molecule has 0 aliphatic carbocycles. The molecule has 0 heterocycles. The lowest BCUT2D eigenvalue weighted by Gasteiger charge is -2.15. The number of aryl methyl sites for hydroxylation is 1. The Balaban J connectivity index is 1.53. The van der Waals surface area contributed by atoms with E-state index in [4.69, 9.17) is 5.73 Å². The van der Waals surface area contributed by atoms with Crippen molar-refractivity contribution in [3.63, 3.8) is 0 Å². The molecule has 27 heavy (non-hydrogen) atoms. The van der Waals surface area contributed by atoms with E-state index in [1.165, 1.54) is 95.7 Å². The van der Waals surface area contributed by atoms with Gasteiger partial charge in [0.1, 0.15) is 0 Å². The molecule has 0 fully saturated rings. The highest BCUT2D eigenvalue weighted by Gasteiger charge is 2.12. The normalized spacial score (nSPS) is 11.9. The van der Waals surface area contributed by atoms with Gasteiger partial charge in [0.25, 0.3) is 0 Å². The zero-order valence-electron chi connectivity index (χ0n) is 16.6. The van der Waals surface area contributed by atoms with Gasteiger partial charge in [0.15, 0.2) is 0 Å². The number of benzene rings is 4. The van der Waals surface area contributed by atoms with Crippen LogP contribution in [-0.4, -0.2) is 0 Å². The molecule has 0 bridgehead atoms. The second-order valence-electron chi connectivity index (χ2n) is 8.03. The van der Waals surface area contributed by atoms with Gasteiger partial charge >= 0.3 is 0 Å². The van der Waals surface area contributed by atoms with Gasteiger partial charge in [-0.1, -0.05) is 94.3 Å². The van der Waals surface area contributed by atoms with Crippen LogP contribution < -0.4 is 5.73 Å². The first-order valence-corrected chi connectivity index (χ1v) is 10.7. The largest absolute Gasteiger partial charge is 0.398 e. The average molecular weight is 358 g/mol. The molecule has 0 saturated carbocycles. The van der Waals surface area contributed by atoms with Gasteiger partial charge in [0, 0.05) is 11.1 Å². The molecule has 0 spiro atoms. The quantitative estimate of drug-likeness (QED) is 0.184. The third kappa shape index (κ3) is 3.60. The zero-order chi connectivity index (χ0) is 18.6. The maximum atomic E-state index is 6.26. The lowest BCUT2D eigenvalue weighted by Crippen LogP contribution is -1.93. The van der Waals surface area contributed by atoms with E-state index in [0.29, 0.717) is 0 Å². The van der Waals surface area contributed by atoms with Crippen molar-refractivity contribution >= 4 is 38.0 Å². The Labute approximate surface area is 162 Å². The minimum Gasteiger partial charge on any atom is -0.398 e. The number of nitrogen functional groups attached to an aromatic ring is 1. The van der Waals surface area contributed by atoms with Crippen molar-refractivity contribution in [2.75, 3.05) is 5.73 Å². The fraction of sp³-hybridized carbons (Fsp3) is 0.385. The summed E-state index contributed by atoms with van der Waals surface area (Å²) in [6.07, 6.45) is 12.2. The summed E-state index contributed by atoms with van der Waals surface area (Å²) in [5.41, 5.74) is 8.63. The topological polar surface area (TPSA) is 26.0 Å². The molecule has 140 valence electrons. The highest BCUT2D eigenvalue weighted by atomic mass is 14.5. The fourth-order valence-electron chi connectivity index (χ4n) is 4.55. The molecule has 0 radical (unpaired) electrons. The minimum atomic E-state index is 0.880. The molecule has 4 aromatic carbocycles. The van der Waals surface area contributed by atoms with E-state index < -0.39 is 0 Å². The SMILES string of the molecule is CCCCCCCCCCc1ccc2ccc3c(N)ccc4ccc1c2c43. The fourth-order valence-corrected chi connectivity index (χ4v) is 4.55. The maximum Gasteiger partial charge on any atom is 0.0394 e. The zero-order valence-corrected chi connectivity index (χ0v) is 16.6. The standard InChI is InChI=1S/C26H31N/c1-2-3-4-5-6-7-8-9-10-19-11-12-20-14-17-23-24(27)18-15-21-13-16-22(19)25(20)26(21)23/h11-18H,2-10,27H2,1H3. The van der Waals surface area contributed by atoms with Crippen LogP contribution in [0.5, 0.6) is 0 Å². The van der Waals surface area contributed by atoms with Crippen molar-refractivity contribution in [3.05, 3.63) is 54.1 Å². The highest BCUT2D eigenvalue weighted by Crippen LogP contribution is 2.38. The Kier molecular flexibility index (Phi) is 5.48. The Bertz CT molecular complexity index is 1030. The van der Waals surface area contributed by atoms with Crippen molar-refractivity contribution in [2.45, 2.75) is 64.7 Å². The van der Waals surface area contributed by atoms with Crippen LogP contribution in [0.15, 0.2) is 48.5 Å². The van der Waals surface area contributed by atoms with Crippen LogP contribution in [-0.2, 0) is 6.42 Å². The van der Waals surface area contributed by atoms with Crippen molar-refractivity contribution in [3.8, 4) is 0 Å². The first-order chi connectivity index (χ1) is 13.3. The highest BCUT2D eigenvalue weighted by molar-refractivity contribution is 6.25. The van der Waals surface area contributed by atoms with Gasteiger partial charge < -0.3 is 5.73 Å². The first kappa shape index (κ1) is 18.1. The molecule has 0 saturated heterocycles. The molecule has 1 heteroatoms. The summed E-state index contributed by atoms with van der Waals surface area (Å²) in [5, 5.41) is 7.96. The maximum absolute atomic E-state index is 6.26. The van der Waals surface area contributed by atoms with Crippen LogP contribution in [0.2, 0.25) is 0 Å². The van der Waals surface area contributed by atoms with Crippen molar-refractivity contribution in [1.29, 1.82) is 0 Å². The summed E-state index contributed by atoms with van der Waals surface area (Å²) >= 11 is 0. The molecule has 0 aliphatic rings. The van der Waals surface area contributed by atoms with E-state index in [0.717, 1.165) is 5.69 Å². The first-order valence-electron chi connectivity index (χ1n) is 10.7. The summed E-state index contributed by atoms with van der Waals surface area (Å²) in [7, 11) is 0. The van der Waals surface area contributed by atoms with Crippen LogP contribution in [0.1, 0.15) is 63.9 Å². The number of anilines is 1. The summed E-state index contributed by atoms with van der Waals surface area (Å²) < 4.78 is 0. The summed E-state index contributed by atoms with van der Waals surface area (Å²) in [4.78, 5) is 0. The molecule has 4 rings (SSSR count). The predicted molar refractivity (Wildman–Crippen MR) is 121 cm³/mol. The Hall–Kier alpha value is -2.28. The molecular weight excluding hydrogens is 326 g/mol. The Morgan fingerprint density at radius 1 is 0.593 bits per heavy atom. The molecule has 0 unspecified atom stereocenters. The van der Waals surface area contributed by atoms with Crippen LogP contribution in [0.4, 0.5) is 5.69 Å². The lowest BCUT2D eigenvalue weighted by molar-refractivity contribution is 0.576. The third-order valence-corrected chi connectivity index (χ3v) is 6.09. The summed E-state index contributed by atoms with van der Waals surface area (Å²) in [5.74, 6) is 0. The molecule has 2 N–H and O–H groups in total. The monoisotopic (exact) mass is 357 g/mol. The van der Waals surface area contributed by atoms with E-state index in [9.17, 15) is 0 Å². The molecule has 0 amide bonds. The van der Waals surface area contributed by atoms with E-state index in [2.05, 4.69) is 49.4 Å². The van der Waals surface area contributed by atoms with Crippen molar-refractivity contribution < 1.29 is 0 Å². The second kappa shape index (κ2) is 8.17. The van der Waals surface area contributed by atoms with Crippen LogP contribution >= 0.6 is 0 Å². The van der Waals surface area contributed by atoms with Gasteiger partial charge in [-0.2, -0.15) is 0 Å². The van der Waals surface area contributed by atoms with Crippen LogP contribution in [0.3, 0.4) is 0 Å². The molecule has 4 aromatic rings. The number of unbranched alkanes of at least 4 members (excludes halogenated alkanes) is 7. The minimum absolute atomic E-state index is 0.880. The van der Waals surface area contributed by atoms with Gasteiger partial charge in [0.2, 0.25) is 0 Å². The molecular formula is C26H31N. The van der Waals surface area contributed by atoms with Crippen molar-refractivity contribution in [2.24, 2.45) is 0 Å². The van der Waals surface area contributed by atoms with E-state index in [1.54, 1.807) is 0 Å². The lowest BCUT2D eigenvalue weighted by atomic mass is 9.90. The predicted octanol–water partition coefficient (Wildman–Crippen LogP) is 7.85. The smallest absolute Gasteiger partial charge is 0.0394 e. The number of nitrogens with two attached hydrogens (primary N) is 1. The van der Waals surface area contributed by atoms with E-state index in [1.807, 2.05) is 6.07 Å². The van der Waals surface area contributed by atoms with Gasteiger partial charge in [0.05, 0.1) is 0 Å². The second-order valence-corrected chi connectivity index (χ2v) is 8.03. The van der Waals surface area contributed by atoms with Crippen LogP contribution in [0.25, 0.3) is 32.3 Å². The number of hydrogen-bond donors (Lipinski definition) is 1. The van der Waals surface area contributed by atoms with E-state index >= 15 is 0 Å². The number of rotatable bonds is 9. The summed E-state index contributed by atoms with van der Waals surface area (Å²) in [6, 6.07) is 17.8. The Morgan fingerprint density at radius 2 is 1.15 bits per heavy atom. The van der Waals surface area contributed by atoms with Gasteiger partial charge in [-0.05, 0) is 51.4 Å². The van der Waals surface area contributed by atoms with Crippen molar-refractivity contribution in [1.82, 2.24) is 0 Å². The molecule has 1 nitrogen and oxygen atoms in total. The van der Waals surface area contributed by atoms with Gasteiger partial charge in [-0.15, -0.1) is 0 Å². The van der Waals surface area contributed by atoms with Gasteiger partial charge in [-0.25, -0.2) is 0 Å². The van der Waals surface area contributed by atoms with Gasteiger partial charge in [-0.3, -0.25) is 0 Å². The average Bonchev–Trinajstić information content (AvgIpc) is 2.70. The molecule has 0 atom stereocenters. The molecule has 0 aliphatic heterocycles. The molecule has 0 aromatic heterocycles. The number of hydrogen-bond acceptors (Lipinski definition) is 1. The third-order valence-electron chi connectivity index (χ3n) is 6.09.